The fourth-order valence-corrected chi connectivity index (χ4v) is 4.27. The van der Waals surface area contributed by atoms with Gasteiger partial charge in [0, 0.05) is 37.6 Å². The molecule has 4 rings (SSSR count). The third-order valence-electron chi connectivity index (χ3n) is 6.06. The Morgan fingerprint density at radius 1 is 1.20 bits per heavy atom. The van der Waals surface area contributed by atoms with Gasteiger partial charge in [-0.2, -0.15) is 5.10 Å². The summed E-state index contributed by atoms with van der Waals surface area (Å²) in [6, 6.07) is 9.81. The molecular formula is C23H29N5O2. The Morgan fingerprint density at radius 2 is 1.90 bits per heavy atom. The van der Waals surface area contributed by atoms with Crippen LogP contribution in [0.1, 0.15) is 37.1 Å². The van der Waals surface area contributed by atoms with Crippen LogP contribution in [0.5, 0.6) is 5.75 Å². The van der Waals surface area contributed by atoms with Gasteiger partial charge in [0.2, 0.25) is 5.91 Å². The van der Waals surface area contributed by atoms with Crippen LogP contribution in [0.3, 0.4) is 0 Å². The molecule has 2 aromatic heterocycles. The number of nitrogens with one attached hydrogen (secondary N) is 1. The van der Waals surface area contributed by atoms with Crippen molar-refractivity contribution in [2.75, 3.05) is 25.1 Å². The Kier molecular flexibility index (Phi) is 5.61. The molecule has 30 heavy (non-hydrogen) atoms. The summed E-state index contributed by atoms with van der Waals surface area (Å²) in [5, 5.41) is 8.85. The number of pyridine rings is 1. The lowest BCUT2D eigenvalue weighted by atomic mass is 9.95. The number of nitrogens with zero attached hydrogens (tertiary/aromatic N) is 4. The van der Waals surface area contributed by atoms with E-state index in [-0.39, 0.29) is 17.9 Å². The summed E-state index contributed by atoms with van der Waals surface area (Å²) in [5.41, 5.74) is 3.15. The van der Waals surface area contributed by atoms with E-state index < -0.39 is 0 Å². The van der Waals surface area contributed by atoms with E-state index in [2.05, 4.69) is 20.3 Å². The Bertz CT molecular complexity index is 1040. The summed E-state index contributed by atoms with van der Waals surface area (Å²) in [6.45, 7) is 5.66. The van der Waals surface area contributed by atoms with E-state index in [4.69, 9.17) is 4.74 Å². The van der Waals surface area contributed by atoms with E-state index >= 15 is 0 Å². The molecule has 3 aromatic rings. The maximum absolute atomic E-state index is 12.8. The fourth-order valence-electron chi connectivity index (χ4n) is 4.27. The van der Waals surface area contributed by atoms with Gasteiger partial charge in [-0.15, -0.1) is 0 Å². The molecule has 7 nitrogen and oxygen atoms in total. The van der Waals surface area contributed by atoms with Gasteiger partial charge in [-0.25, -0.2) is 4.98 Å². The van der Waals surface area contributed by atoms with Gasteiger partial charge in [-0.3, -0.25) is 9.48 Å². The van der Waals surface area contributed by atoms with Crippen molar-refractivity contribution in [3.8, 4) is 5.75 Å². The highest BCUT2D eigenvalue weighted by molar-refractivity contribution is 5.91. The molecule has 1 atom stereocenters. The highest BCUT2D eigenvalue weighted by Crippen LogP contribution is 2.30. The molecule has 0 saturated carbocycles. The maximum Gasteiger partial charge on any atom is 0.223 e. The van der Waals surface area contributed by atoms with Crippen molar-refractivity contribution in [1.29, 1.82) is 0 Å². The number of aromatic nitrogens is 3. The first-order valence-corrected chi connectivity index (χ1v) is 10.5. The zero-order valence-corrected chi connectivity index (χ0v) is 18.1. The molecule has 1 fully saturated rings. The van der Waals surface area contributed by atoms with Crippen molar-refractivity contribution in [3.05, 3.63) is 47.8 Å². The zero-order valence-electron chi connectivity index (χ0n) is 18.1. The zero-order chi connectivity index (χ0) is 21.3. The largest absolute Gasteiger partial charge is 0.497 e. The molecule has 0 bridgehead atoms. The summed E-state index contributed by atoms with van der Waals surface area (Å²) < 4.78 is 7.11. The summed E-state index contributed by atoms with van der Waals surface area (Å²) in [4.78, 5) is 19.7. The molecule has 0 spiro atoms. The van der Waals surface area contributed by atoms with Crippen LogP contribution in [-0.2, 0) is 11.8 Å². The van der Waals surface area contributed by atoms with Crippen molar-refractivity contribution in [1.82, 2.24) is 20.1 Å². The second-order valence-corrected chi connectivity index (χ2v) is 8.00. The van der Waals surface area contributed by atoms with Crippen LogP contribution in [0, 0.1) is 12.8 Å². The number of fused-ring (bicyclic) bond motifs is 1. The van der Waals surface area contributed by atoms with Gasteiger partial charge in [0.25, 0.3) is 0 Å². The van der Waals surface area contributed by atoms with Gasteiger partial charge in [-0.05, 0) is 50.5 Å². The third-order valence-corrected chi connectivity index (χ3v) is 6.06. The van der Waals surface area contributed by atoms with Crippen molar-refractivity contribution in [2.45, 2.75) is 32.7 Å². The van der Waals surface area contributed by atoms with Crippen molar-refractivity contribution >= 4 is 22.6 Å². The van der Waals surface area contributed by atoms with E-state index in [0.29, 0.717) is 0 Å². The molecule has 3 heterocycles. The lowest BCUT2D eigenvalue weighted by Crippen LogP contribution is -2.41. The Labute approximate surface area is 177 Å². The monoisotopic (exact) mass is 407 g/mol. The number of amides is 1. The molecule has 0 radical (unpaired) electrons. The molecule has 1 aliphatic heterocycles. The lowest BCUT2D eigenvalue weighted by molar-refractivity contribution is -0.126. The minimum Gasteiger partial charge on any atom is -0.497 e. The SMILES string of the molecule is COc1ccc(C(C)NC(=O)C2CCN(c3nccc4c(C)nn(C)c34)CC2)cc1. The molecule has 1 aliphatic rings. The van der Waals surface area contributed by atoms with Crippen molar-refractivity contribution < 1.29 is 9.53 Å². The smallest absolute Gasteiger partial charge is 0.223 e. The molecule has 7 heteroatoms. The summed E-state index contributed by atoms with van der Waals surface area (Å²) in [7, 11) is 3.61. The first-order valence-electron chi connectivity index (χ1n) is 10.5. The molecule has 1 aromatic carbocycles. The number of piperidine rings is 1. The quantitative estimate of drug-likeness (QED) is 0.702. The molecule has 158 valence electrons. The maximum atomic E-state index is 12.8. The van der Waals surface area contributed by atoms with Crippen LogP contribution < -0.4 is 15.0 Å². The predicted octanol–water partition coefficient (Wildman–Crippen LogP) is 3.38. The highest BCUT2D eigenvalue weighted by Gasteiger charge is 2.28. The van der Waals surface area contributed by atoms with Gasteiger partial charge >= 0.3 is 0 Å². The van der Waals surface area contributed by atoms with Crippen molar-refractivity contribution in [3.63, 3.8) is 0 Å². The van der Waals surface area contributed by atoms with Crippen molar-refractivity contribution in [2.24, 2.45) is 13.0 Å². The molecule has 1 unspecified atom stereocenters. The second kappa shape index (κ2) is 8.34. The van der Waals surface area contributed by atoms with Crippen LogP contribution in [0.2, 0.25) is 0 Å². The predicted molar refractivity (Wildman–Crippen MR) is 118 cm³/mol. The molecule has 1 N–H and O–H groups in total. The Balaban J connectivity index is 1.39. The molecular weight excluding hydrogens is 378 g/mol. The number of aryl methyl sites for hydroxylation is 2. The average Bonchev–Trinajstić information content (AvgIpc) is 3.07. The average molecular weight is 408 g/mol. The highest BCUT2D eigenvalue weighted by atomic mass is 16.5. The number of benzene rings is 1. The molecule has 1 saturated heterocycles. The van der Waals surface area contributed by atoms with Crippen LogP contribution >= 0.6 is 0 Å². The number of anilines is 1. The van der Waals surface area contributed by atoms with Gasteiger partial charge < -0.3 is 15.0 Å². The number of carbonyl (C=O) groups excluding carboxylic acids is 1. The van der Waals surface area contributed by atoms with E-state index in [9.17, 15) is 4.79 Å². The molecule has 1 amide bonds. The number of ether oxygens (including phenoxy) is 1. The fraction of sp³-hybridized carbons (Fsp3) is 0.435. The van der Waals surface area contributed by atoms with E-state index in [0.717, 1.165) is 59.7 Å². The van der Waals surface area contributed by atoms with E-state index in [1.807, 2.05) is 62.1 Å². The third kappa shape index (κ3) is 3.84. The van der Waals surface area contributed by atoms with Gasteiger partial charge in [-0.1, -0.05) is 12.1 Å². The summed E-state index contributed by atoms with van der Waals surface area (Å²) >= 11 is 0. The van der Waals surface area contributed by atoms with E-state index in [1.54, 1.807) is 7.11 Å². The number of hydrogen-bond acceptors (Lipinski definition) is 5. The second-order valence-electron chi connectivity index (χ2n) is 8.00. The number of rotatable bonds is 5. The normalized spacial score (nSPS) is 15.9. The minimum absolute atomic E-state index is 0.0226. The Morgan fingerprint density at radius 3 is 2.57 bits per heavy atom. The lowest BCUT2D eigenvalue weighted by Gasteiger charge is -2.33. The topological polar surface area (TPSA) is 72.3 Å². The number of methoxy groups -OCH3 is 1. The summed E-state index contributed by atoms with van der Waals surface area (Å²) in [6.07, 6.45) is 3.48. The van der Waals surface area contributed by atoms with Crippen LogP contribution in [0.25, 0.3) is 10.9 Å². The van der Waals surface area contributed by atoms with Gasteiger partial charge in [0.1, 0.15) is 11.3 Å². The number of hydrogen-bond donors (Lipinski definition) is 1. The van der Waals surface area contributed by atoms with Gasteiger partial charge in [0.15, 0.2) is 5.82 Å². The first-order chi connectivity index (χ1) is 14.5. The summed E-state index contributed by atoms with van der Waals surface area (Å²) in [5.74, 6) is 1.92. The molecule has 0 aliphatic carbocycles. The van der Waals surface area contributed by atoms with E-state index in [1.165, 1.54) is 0 Å². The first kappa shape index (κ1) is 20.2. The Hall–Kier alpha value is -3.09. The van der Waals surface area contributed by atoms with Gasteiger partial charge in [0.05, 0.1) is 18.8 Å². The minimum atomic E-state index is -0.0331. The number of carbonyl (C=O) groups is 1. The van der Waals surface area contributed by atoms with Crippen LogP contribution in [0.4, 0.5) is 5.82 Å². The standard InChI is InChI=1S/C23H29N5O2/c1-15(17-5-7-19(30-4)8-6-17)25-23(29)18-10-13-28(14-11-18)22-21-20(9-12-24-22)16(2)26-27(21)3/h5-9,12,15,18H,10-11,13-14H2,1-4H3,(H,25,29). The van der Waals surface area contributed by atoms with Crippen LogP contribution in [0.15, 0.2) is 36.5 Å². The van der Waals surface area contributed by atoms with Crippen LogP contribution in [-0.4, -0.2) is 40.9 Å².